The molecule has 1 N–H and O–H groups in total. The Morgan fingerprint density at radius 2 is 2.08 bits per heavy atom. The Morgan fingerprint density at radius 1 is 1.32 bits per heavy atom. The quantitative estimate of drug-likeness (QED) is 0.578. The van der Waals surface area contributed by atoms with E-state index in [9.17, 15) is 5.26 Å². The molecular formula is C19H28N3OS2+. The Kier molecular flexibility index (Phi) is 6.19. The van der Waals surface area contributed by atoms with Crippen LogP contribution in [0.2, 0.25) is 0 Å². The molecule has 25 heavy (non-hydrogen) atoms. The number of pyridine rings is 1. The highest BCUT2D eigenvalue weighted by Gasteiger charge is 2.36. The smallest absolute Gasteiger partial charge is 0.279 e. The lowest BCUT2D eigenvalue weighted by Crippen LogP contribution is -2.42. The van der Waals surface area contributed by atoms with Gasteiger partial charge in [0.2, 0.25) is 0 Å². The maximum Gasteiger partial charge on any atom is 0.279 e. The SMILES string of the molecule is CCCCSc1[nH+]c(N2CCOCC2)c2c(c1C#N)CC(C)(C)SC2. The van der Waals surface area contributed by atoms with E-state index in [2.05, 4.69) is 36.7 Å². The molecule has 4 nitrogen and oxygen atoms in total. The van der Waals surface area contributed by atoms with Gasteiger partial charge in [0.1, 0.15) is 24.7 Å². The lowest BCUT2D eigenvalue weighted by Gasteiger charge is -2.33. The fourth-order valence-corrected chi connectivity index (χ4v) is 5.58. The molecule has 3 heterocycles. The second kappa shape index (κ2) is 8.20. The van der Waals surface area contributed by atoms with Crippen molar-refractivity contribution in [3.63, 3.8) is 0 Å². The van der Waals surface area contributed by atoms with Crippen molar-refractivity contribution in [2.75, 3.05) is 37.0 Å². The van der Waals surface area contributed by atoms with Crippen molar-refractivity contribution in [3.8, 4) is 6.07 Å². The number of anilines is 1. The van der Waals surface area contributed by atoms with E-state index in [1.165, 1.54) is 29.8 Å². The summed E-state index contributed by atoms with van der Waals surface area (Å²) in [6.07, 6.45) is 3.32. The molecule has 1 saturated heterocycles. The van der Waals surface area contributed by atoms with Crippen LogP contribution >= 0.6 is 23.5 Å². The third kappa shape index (κ3) is 4.27. The maximum atomic E-state index is 9.88. The van der Waals surface area contributed by atoms with Gasteiger partial charge in [-0.25, -0.2) is 4.98 Å². The monoisotopic (exact) mass is 378 g/mol. The molecule has 0 spiro atoms. The summed E-state index contributed by atoms with van der Waals surface area (Å²) < 4.78 is 5.72. The summed E-state index contributed by atoms with van der Waals surface area (Å²) in [4.78, 5) is 6.05. The zero-order chi connectivity index (χ0) is 17.9. The van der Waals surface area contributed by atoms with Gasteiger partial charge in [-0.15, -0.1) is 0 Å². The minimum Gasteiger partial charge on any atom is -0.373 e. The number of rotatable bonds is 5. The first-order valence-corrected chi connectivity index (χ1v) is 11.1. The van der Waals surface area contributed by atoms with Crippen molar-refractivity contribution in [1.29, 1.82) is 5.26 Å². The van der Waals surface area contributed by atoms with Gasteiger partial charge in [0.25, 0.3) is 5.82 Å². The van der Waals surface area contributed by atoms with Crippen molar-refractivity contribution in [2.24, 2.45) is 0 Å². The Hall–Kier alpha value is -0.900. The Labute approximate surface area is 159 Å². The van der Waals surface area contributed by atoms with Gasteiger partial charge in [0.15, 0.2) is 5.03 Å². The molecule has 0 radical (unpaired) electrons. The number of fused-ring (bicyclic) bond motifs is 1. The number of nitriles is 1. The summed E-state index contributed by atoms with van der Waals surface area (Å²) in [6.45, 7) is 10.2. The van der Waals surface area contributed by atoms with Crippen molar-refractivity contribution in [1.82, 2.24) is 0 Å². The molecule has 1 aromatic heterocycles. The molecule has 0 bridgehead atoms. The lowest BCUT2D eigenvalue weighted by atomic mass is 9.94. The normalized spacial score (nSPS) is 19.4. The van der Waals surface area contributed by atoms with E-state index in [0.29, 0.717) is 0 Å². The summed E-state index contributed by atoms with van der Waals surface area (Å²) in [5, 5.41) is 10.9. The first-order valence-electron chi connectivity index (χ1n) is 9.16. The van der Waals surface area contributed by atoms with Crippen LogP contribution in [0.15, 0.2) is 5.03 Å². The molecule has 136 valence electrons. The van der Waals surface area contributed by atoms with Crippen LogP contribution in [0.3, 0.4) is 0 Å². The number of nitrogens with one attached hydrogen (secondary N) is 1. The lowest BCUT2D eigenvalue weighted by molar-refractivity contribution is -0.414. The van der Waals surface area contributed by atoms with Crippen molar-refractivity contribution >= 4 is 29.3 Å². The number of hydrogen-bond donors (Lipinski definition) is 0. The predicted octanol–water partition coefficient (Wildman–Crippen LogP) is 3.67. The van der Waals surface area contributed by atoms with Crippen LogP contribution in [0.25, 0.3) is 0 Å². The Balaban J connectivity index is 2.05. The minimum absolute atomic E-state index is 0.188. The zero-order valence-corrected chi connectivity index (χ0v) is 17.1. The van der Waals surface area contributed by atoms with E-state index in [0.717, 1.165) is 54.8 Å². The van der Waals surface area contributed by atoms with Crippen LogP contribution in [0.4, 0.5) is 5.82 Å². The molecule has 2 aliphatic heterocycles. The van der Waals surface area contributed by atoms with Gasteiger partial charge in [-0.2, -0.15) is 17.0 Å². The van der Waals surface area contributed by atoms with E-state index >= 15 is 0 Å². The fraction of sp³-hybridized carbons (Fsp3) is 0.684. The van der Waals surface area contributed by atoms with Crippen LogP contribution in [-0.2, 0) is 16.9 Å². The van der Waals surface area contributed by atoms with E-state index in [-0.39, 0.29) is 4.75 Å². The highest BCUT2D eigenvalue weighted by molar-refractivity contribution is 8.00. The molecular weight excluding hydrogens is 350 g/mol. The second-order valence-electron chi connectivity index (χ2n) is 7.27. The van der Waals surface area contributed by atoms with E-state index in [4.69, 9.17) is 4.74 Å². The summed E-state index contributed by atoms with van der Waals surface area (Å²) in [5.41, 5.74) is 3.48. The van der Waals surface area contributed by atoms with Crippen molar-refractivity contribution in [2.45, 2.75) is 55.6 Å². The number of thioether (sulfide) groups is 2. The molecule has 3 rings (SSSR count). The maximum absolute atomic E-state index is 9.88. The third-order valence-electron chi connectivity index (χ3n) is 4.80. The Bertz CT molecular complexity index is 664. The fourth-order valence-electron chi connectivity index (χ4n) is 3.37. The second-order valence-corrected chi connectivity index (χ2v) is 10.1. The van der Waals surface area contributed by atoms with Gasteiger partial charge in [0.05, 0.1) is 18.8 Å². The molecule has 6 heteroatoms. The highest BCUT2D eigenvalue weighted by Crippen LogP contribution is 2.43. The summed E-state index contributed by atoms with van der Waals surface area (Å²) in [6, 6.07) is 2.51. The number of nitrogens with zero attached hydrogens (tertiary/aromatic N) is 2. The van der Waals surface area contributed by atoms with Crippen molar-refractivity contribution in [3.05, 3.63) is 16.7 Å². The molecule has 1 fully saturated rings. The largest absolute Gasteiger partial charge is 0.373 e. The topological polar surface area (TPSA) is 50.4 Å². The minimum atomic E-state index is 0.188. The number of morpholine rings is 1. The molecule has 0 amide bonds. The van der Waals surface area contributed by atoms with Crippen LogP contribution in [0, 0.1) is 11.3 Å². The standard InChI is InChI=1S/C19H27N3OS2/c1-4-5-10-24-18-15(12-20)14-11-19(2,3)25-13-16(14)17(21-18)22-6-8-23-9-7-22/h4-11,13H2,1-3H3/p+1. The number of H-pyrrole nitrogens is 1. The van der Waals surface area contributed by atoms with E-state index in [1.807, 2.05) is 11.8 Å². The van der Waals surface area contributed by atoms with Crippen LogP contribution < -0.4 is 9.88 Å². The predicted molar refractivity (Wildman–Crippen MR) is 105 cm³/mol. The van der Waals surface area contributed by atoms with E-state index < -0.39 is 0 Å². The van der Waals surface area contributed by atoms with Gasteiger partial charge in [-0.05, 0) is 18.4 Å². The third-order valence-corrected chi connectivity index (χ3v) is 7.25. The zero-order valence-electron chi connectivity index (χ0n) is 15.5. The highest BCUT2D eigenvalue weighted by atomic mass is 32.2. The number of hydrogen-bond acceptors (Lipinski definition) is 5. The molecule has 2 aliphatic rings. The number of aromatic amines is 1. The Morgan fingerprint density at radius 3 is 2.76 bits per heavy atom. The molecule has 0 aliphatic carbocycles. The number of ether oxygens (including phenoxy) is 1. The number of aromatic nitrogens is 1. The van der Waals surface area contributed by atoms with E-state index in [1.54, 1.807) is 11.8 Å². The van der Waals surface area contributed by atoms with Gasteiger partial charge < -0.3 is 4.74 Å². The summed E-state index contributed by atoms with van der Waals surface area (Å²) in [7, 11) is 0. The first-order chi connectivity index (χ1) is 12.1. The molecule has 0 saturated carbocycles. The van der Waals surface area contributed by atoms with Crippen molar-refractivity contribution < 1.29 is 9.72 Å². The average molecular weight is 379 g/mol. The molecule has 0 unspecified atom stereocenters. The number of unbranched alkanes of at least 4 members (excludes halogenated alkanes) is 1. The summed E-state index contributed by atoms with van der Waals surface area (Å²) in [5.74, 6) is 3.25. The molecule has 0 aromatic carbocycles. The van der Waals surface area contributed by atoms with Crippen LogP contribution in [0.5, 0.6) is 0 Å². The van der Waals surface area contributed by atoms with Crippen LogP contribution in [0.1, 0.15) is 50.3 Å². The summed E-state index contributed by atoms with van der Waals surface area (Å²) >= 11 is 3.80. The van der Waals surface area contributed by atoms with Gasteiger partial charge >= 0.3 is 0 Å². The molecule has 1 aromatic rings. The van der Waals surface area contributed by atoms with Gasteiger partial charge in [-0.3, -0.25) is 4.90 Å². The van der Waals surface area contributed by atoms with Gasteiger partial charge in [0, 0.05) is 16.3 Å². The van der Waals surface area contributed by atoms with Crippen LogP contribution in [-0.4, -0.2) is 36.8 Å². The average Bonchev–Trinajstić information content (AvgIpc) is 2.61. The van der Waals surface area contributed by atoms with Gasteiger partial charge in [-0.1, -0.05) is 39.0 Å². The first kappa shape index (κ1) is 18.9. The molecule has 0 atom stereocenters.